The molecule has 2 amide bonds. The summed E-state index contributed by atoms with van der Waals surface area (Å²) in [6, 6.07) is 9.92. The van der Waals surface area contributed by atoms with Crippen LogP contribution in [0.5, 0.6) is 0 Å². The van der Waals surface area contributed by atoms with Crippen molar-refractivity contribution in [1.29, 1.82) is 0 Å². The van der Waals surface area contributed by atoms with Crippen LogP contribution in [-0.4, -0.2) is 16.8 Å². The lowest BCUT2D eigenvalue weighted by atomic mass is 10.1. The molecule has 0 atom stereocenters. The van der Waals surface area contributed by atoms with Crippen LogP contribution < -0.4 is 10.9 Å². The Labute approximate surface area is 135 Å². The zero-order chi connectivity index (χ0) is 17.1. The van der Waals surface area contributed by atoms with Crippen molar-refractivity contribution in [3.63, 3.8) is 0 Å². The third kappa shape index (κ3) is 3.40. The highest BCUT2D eigenvalue weighted by Crippen LogP contribution is 2.17. The molecule has 0 saturated carbocycles. The summed E-state index contributed by atoms with van der Waals surface area (Å²) in [7, 11) is 0. The number of hydrogen-bond donors (Lipinski definition) is 3. The minimum absolute atomic E-state index is 0.0435. The Morgan fingerprint density at radius 3 is 2.46 bits per heavy atom. The first kappa shape index (κ1) is 15.7. The molecule has 0 unspecified atom stereocenters. The normalized spacial score (nSPS) is 10.6. The maximum absolute atomic E-state index is 13.1. The molecule has 5 nitrogen and oxygen atoms in total. The number of carbonyl (C=O) groups is 2. The molecule has 122 valence electrons. The summed E-state index contributed by atoms with van der Waals surface area (Å²) < 4.78 is 26.2. The van der Waals surface area contributed by atoms with E-state index in [9.17, 15) is 18.4 Å². The summed E-state index contributed by atoms with van der Waals surface area (Å²) in [4.78, 5) is 26.8. The number of fused-ring (bicyclic) bond motifs is 1. The summed E-state index contributed by atoms with van der Waals surface area (Å²) in [5, 5.41) is 0.908. The fourth-order valence-corrected chi connectivity index (χ4v) is 2.38. The van der Waals surface area contributed by atoms with E-state index in [1.54, 1.807) is 6.20 Å². The van der Waals surface area contributed by atoms with Crippen molar-refractivity contribution in [2.75, 3.05) is 0 Å². The van der Waals surface area contributed by atoms with E-state index in [0.717, 1.165) is 28.6 Å². The number of rotatable bonds is 3. The van der Waals surface area contributed by atoms with Gasteiger partial charge < -0.3 is 4.98 Å². The van der Waals surface area contributed by atoms with E-state index in [1.807, 2.05) is 24.3 Å². The van der Waals surface area contributed by atoms with Crippen LogP contribution in [0.3, 0.4) is 0 Å². The van der Waals surface area contributed by atoms with E-state index in [0.29, 0.717) is 6.07 Å². The lowest BCUT2D eigenvalue weighted by molar-refractivity contribution is -0.121. The number of hydrazine groups is 1. The van der Waals surface area contributed by atoms with Crippen LogP contribution in [-0.2, 0) is 11.2 Å². The van der Waals surface area contributed by atoms with Crippen LogP contribution in [0.25, 0.3) is 10.9 Å². The Kier molecular flexibility index (Phi) is 4.24. The van der Waals surface area contributed by atoms with E-state index in [-0.39, 0.29) is 12.0 Å². The first-order valence-electron chi connectivity index (χ1n) is 7.13. The Balaban J connectivity index is 1.62. The van der Waals surface area contributed by atoms with Gasteiger partial charge in [-0.2, -0.15) is 0 Å². The topological polar surface area (TPSA) is 74.0 Å². The van der Waals surface area contributed by atoms with Gasteiger partial charge in [0.15, 0.2) is 0 Å². The number of aromatic amines is 1. The molecule has 0 aliphatic heterocycles. The molecule has 7 heteroatoms. The van der Waals surface area contributed by atoms with Crippen molar-refractivity contribution in [3.05, 3.63) is 71.4 Å². The number of nitrogens with one attached hydrogen (secondary N) is 3. The quantitative estimate of drug-likeness (QED) is 0.646. The predicted octanol–water partition coefficient (Wildman–Crippen LogP) is 2.45. The zero-order valence-electron chi connectivity index (χ0n) is 12.4. The van der Waals surface area contributed by atoms with Gasteiger partial charge in [0.05, 0.1) is 6.42 Å². The molecule has 0 aliphatic carbocycles. The van der Waals surface area contributed by atoms with Crippen molar-refractivity contribution >= 4 is 22.7 Å². The van der Waals surface area contributed by atoms with Crippen molar-refractivity contribution in [3.8, 4) is 0 Å². The highest BCUT2D eigenvalue weighted by atomic mass is 19.1. The second-order valence-corrected chi connectivity index (χ2v) is 5.20. The smallest absolute Gasteiger partial charge is 0.269 e. The van der Waals surface area contributed by atoms with E-state index < -0.39 is 23.4 Å². The number of halogens is 2. The summed E-state index contributed by atoms with van der Waals surface area (Å²) in [5.74, 6) is -3.00. The molecule has 0 spiro atoms. The molecular weight excluding hydrogens is 316 g/mol. The maximum Gasteiger partial charge on any atom is 0.269 e. The van der Waals surface area contributed by atoms with Crippen LogP contribution in [0.1, 0.15) is 15.9 Å². The Bertz CT molecular complexity index is 901. The highest BCUT2D eigenvalue weighted by Gasteiger charge is 2.12. The summed E-state index contributed by atoms with van der Waals surface area (Å²) >= 11 is 0. The van der Waals surface area contributed by atoms with Gasteiger partial charge in [0.2, 0.25) is 5.91 Å². The van der Waals surface area contributed by atoms with E-state index in [4.69, 9.17) is 0 Å². The van der Waals surface area contributed by atoms with Gasteiger partial charge >= 0.3 is 0 Å². The second kappa shape index (κ2) is 6.49. The lowest BCUT2D eigenvalue weighted by Gasteiger charge is -2.07. The number of amides is 2. The number of carbonyl (C=O) groups excluding carboxylic acids is 2. The van der Waals surface area contributed by atoms with Gasteiger partial charge in [-0.1, -0.05) is 18.2 Å². The molecule has 3 N–H and O–H groups in total. The van der Waals surface area contributed by atoms with E-state index >= 15 is 0 Å². The van der Waals surface area contributed by atoms with Crippen molar-refractivity contribution < 1.29 is 18.4 Å². The van der Waals surface area contributed by atoms with Crippen LogP contribution in [0, 0.1) is 11.6 Å². The minimum atomic E-state index is -0.870. The standard InChI is InChI=1S/C17H13F2N3O2/c18-12-5-10(6-13(19)8-12)17(24)22-21-16(23)7-11-9-20-15-4-2-1-3-14(11)15/h1-6,8-9,20H,7H2,(H,21,23)(H,22,24). The number of H-pyrrole nitrogens is 1. The van der Waals surface area contributed by atoms with Gasteiger partial charge in [0.1, 0.15) is 11.6 Å². The number of benzene rings is 2. The Hall–Kier alpha value is -3.22. The Morgan fingerprint density at radius 2 is 1.71 bits per heavy atom. The lowest BCUT2D eigenvalue weighted by Crippen LogP contribution is -2.42. The third-order valence-corrected chi connectivity index (χ3v) is 3.47. The van der Waals surface area contributed by atoms with Gasteiger partial charge in [-0.3, -0.25) is 20.4 Å². The van der Waals surface area contributed by atoms with Gasteiger partial charge in [0, 0.05) is 28.7 Å². The zero-order valence-corrected chi connectivity index (χ0v) is 12.4. The van der Waals surface area contributed by atoms with Gasteiger partial charge in [-0.25, -0.2) is 8.78 Å². The Morgan fingerprint density at radius 1 is 1.00 bits per heavy atom. The molecule has 3 rings (SSSR count). The SMILES string of the molecule is O=C(Cc1c[nH]c2ccccc12)NNC(=O)c1cc(F)cc(F)c1. The van der Waals surface area contributed by atoms with Gasteiger partial charge in [0.25, 0.3) is 5.91 Å². The molecule has 1 aromatic heterocycles. The van der Waals surface area contributed by atoms with Crippen LogP contribution in [0.15, 0.2) is 48.7 Å². The van der Waals surface area contributed by atoms with Crippen LogP contribution in [0.4, 0.5) is 8.78 Å². The molecule has 0 fully saturated rings. The first-order valence-corrected chi connectivity index (χ1v) is 7.13. The maximum atomic E-state index is 13.1. The fourth-order valence-electron chi connectivity index (χ4n) is 2.38. The molecule has 0 bridgehead atoms. The van der Waals surface area contributed by atoms with Crippen LogP contribution >= 0.6 is 0 Å². The number of hydrogen-bond acceptors (Lipinski definition) is 2. The predicted molar refractivity (Wildman–Crippen MR) is 84.0 cm³/mol. The van der Waals surface area contributed by atoms with Crippen molar-refractivity contribution in [2.24, 2.45) is 0 Å². The molecule has 3 aromatic rings. The van der Waals surface area contributed by atoms with Crippen molar-refractivity contribution in [1.82, 2.24) is 15.8 Å². The second-order valence-electron chi connectivity index (χ2n) is 5.20. The molecule has 24 heavy (non-hydrogen) atoms. The van der Waals surface area contributed by atoms with E-state index in [1.165, 1.54) is 0 Å². The average molecular weight is 329 g/mol. The third-order valence-electron chi connectivity index (χ3n) is 3.47. The number of aromatic nitrogens is 1. The summed E-state index contributed by atoms with van der Waals surface area (Å²) in [6.45, 7) is 0. The molecule has 2 aromatic carbocycles. The van der Waals surface area contributed by atoms with E-state index in [2.05, 4.69) is 15.8 Å². The highest BCUT2D eigenvalue weighted by molar-refractivity contribution is 5.96. The van der Waals surface area contributed by atoms with Crippen molar-refractivity contribution in [2.45, 2.75) is 6.42 Å². The summed E-state index contributed by atoms with van der Waals surface area (Å²) in [6.07, 6.45) is 1.76. The number of para-hydroxylation sites is 1. The molecule has 0 radical (unpaired) electrons. The largest absolute Gasteiger partial charge is 0.361 e. The first-order chi connectivity index (χ1) is 11.5. The molecule has 0 saturated heterocycles. The molecular formula is C17H13F2N3O2. The minimum Gasteiger partial charge on any atom is -0.361 e. The summed E-state index contributed by atoms with van der Waals surface area (Å²) in [5.41, 5.74) is 5.81. The monoisotopic (exact) mass is 329 g/mol. The molecule has 1 heterocycles. The average Bonchev–Trinajstić information content (AvgIpc) is 2.95. The molecule has 0 aliphatic rings. The van der Waals surface area contributed by atoms with Gasteiger partial charge in [-0.15, -0.1) is 0 Å². The van der Waals surface area contributed by atoms with Crippen LogP contribution in [0.2, 0.25) is 0 Å². The van der Waals surface area contributed by atoms with Gasteiger partial charge in [-0.05, 0) is 23.8 Å². The fraction of sp³-hybridized carbons (Fsp3) is 0.0588.